The minimum atomic E-state index is 0.297. The number of alkyl halides is 2. The maximum absolute atomic E-state index is 6.07. The molecule has 1 aliphatic carbocycles. The normalized spacial score (nSPS) is 49.2. The Morgan fingerprint density at radius 2 is 1.40 bits per heavy atom. The highest BCUT2D eigenvalue weighted by Gasteiger charge is 2.30. The van der Waals surface area contributed by atoms with Crippen molar-refractivity contribution in [2.45, 2.75) is 37.4 Å². The van der Waals surface area contributed by atoms with Crippen molar-refractivity contribution < 1.29 is 0 Å². The average Bonchev–Trinajstić information content (AvgIpc) is 1.82. The van der Waals surface area contributed by atoms with Gasteiger partial charge in [0, 0.05) is 10.8 Å². The van der Waals surface area contributed by atoms with Crippen molar-refractivity contribution in [1.82, 2.24) is 0 Å². The first-order valence-corrected chi connectivity index (χ1v) is 4.76. The van der Waals surface area contributed by atoms with Crippen molar-refractivity contribution >= 4 is 23.2 Å². The van der Waals surface area contributed by atoms with Crippen LogP contribution in [0.4, 0.5) is 0 Å². The number of halogens is 2. The van der Waals surface area contributed by atoms with Gasteiger partial charge in [0.1, 0.15) is 0 Å². The molecule has 1 fully saturated rings. The van der Waals surface area contributed by atoms with Crippen LogP contribution < -0.4 is 0 Å². The zero-order valence-corrected chi connectivity index (χ0v) is 7.99. The summed E-state index contributed by atoms with van der Waals surface area (Å²) in [5.41, 5.74) is 0. The fraction of sp³-hybridized carbons (Fsp3) is 1.00. The Labute approximate surface area is 72.9 Å². The summed E-state index contributed by atoms with van der Waals surface area (Å²) >= 11 is 12.1. The molecule has 2 heteroatoms. The lowest BCUT2D eigenvalue weighted by molar-refractivity contribution is 0.320. The molecule has 0 aliphatic heterocycles. The van der Waals surface area contributed by atoms with E-state index in [1.54, 1.807) is 0 Å². The molecule has 1 saturated carbocycles. The Kier molecular flexibility index (Phi) is 2.88. The maximum atomic E-state index is 6.07. The highest BCUT2D eigenvalue weighted by atomic mass is 35.5. The summed E-state index contributed by atoms with van der Waals surface area (Å²) in [6.45, 7) is 4.36. The minimum Gasteiger partial charge on any atom is -0.123 e. The van der Waals surface area contributed by atoms with Crippen LogP contribution in [-0.4, -0.2) is 10.8 Å². The van der Waals surface area contributed by atoms with Crippen molar-refractivity contribution in [3.8, 4) is 0 Å². The van der Waals surface area contributed by atoms with Crippen molar-refractivity contribution in [3.05, 3.63) is 0 Å². The summed E-state index contributed by atoms with van der Waals surface area (Å²) in [4.78, 5) is 0. The maximum Gasteiger partial charge on any atom is 0.0378 e. The molecule has 0 amide bonds. The molecular weight excluding hydrogens is 167 g/mol. The lowest BCUT2D eigenvalue weighted by Crippen LogP contribution is -2.31. The van der Waals surface area contributed by atoms with E-state index in [9.17, 15) is 0 Å². The zero-order valence-electron chi connectivity index (χ0n) is 6.48. The van der Waals surface area contributed by atoms with E-state index in [1.807, 2.05) is 0 Å². The van der Waals surface area contributed by atoms with Gasteiger partial charge in [0.25, 0.3) is 0 Å². The quantitative estimate of drug-likeness (QED) is 0.503. The fourth-order valence-electron chi connectivity index (χ4n) is 1.52. The van der Waals surface area contributed by atoms with Crippen LogP contribution in [0.25, 0.3) is 0 Å². The molecule has 0 aromatic rings. The molecule has 0 aromatic carbocycles. The van der Waals surface area contributed by atoms with Gasteiger partial charge in [0.15, 0.2) is 0 Å². The van der Waals surface area contributed by atoms with E-state index in [1.165, 1.54) is 0 Å². The largest absolute Gasteiger partial charge is 0.123 e. The van der Waals surface area contributed by atoms with Gasteiger partial charge in [-0.1, -0.05) is 13.8 Å². The Hall–Kier alpha value is 0.580. The van der Waals surface area contributed by atoms with Crippen molar-refractivity contribution in [3.63, 3.8) is 0 Å². The van der Waals surface area contributed by atoms with Crippen molar-refractivity contribution in [2.75, 3.05) is 0 Å². The molecule has 0 nitrogen and oxygen atoms in total. The first-order valence-electron chi connectivity index (χ1n) is 3.89. The standard InChI is InChI=1S/C8H14Cl2/c1-5-3-7(9)6(2)8(10)4-5/h5-8H,3-4H2,1-2H3. The van der Waals surface area contributed by atoms with Gasteiger partial charge >= 0.3 is 0 Å². The van der Waals surface area contributed by atoms with Crippen LogP contribution in [0.3, 0.4) is 0 Å². The summed E-state index contributed by atoms with van der Waals surface area (Å²) in [6.07, 6.45) is 2.26. The number of hydrogen-bond donors (Lipinski definition) is 0. The van der Waals surface area contributed by atoms with Crippen LogP contribution in [-0.2, 0) is 0 Å². The predicted molar refractivity (Wildman–Crippen MR) is 46.8 cm³/mol. The highest BCUT2D eigenvalue weighted by Crippen LogP contribution is 2.35. The van der Waals surface area contributed by atoms with Gasteiger partial charge in [0.05, 0.1) is 0 Å². The summed E-state index contributed by atoms with van der Waals surface area (Å²) in [6, 6.07) is 0. The Morgan fingerprint density at radius 1 is 1.00 bits per heavy atom. The summed E-state index contributed by atoms with van der Waals surface area (Å²) in [7, 11) is 0. The molecule has 0 heterocycles. The zero-order chi connectivity index (χ0) is 7.72. The molecule has 0 spiro atoms. The molecule has 0 N–H and O–H groups in total. The van der Waals surface area contributed by atoms with Crippen LogP contribution in [0.15, 0.2) is 0 Å². The minimum absolute atomic E-state index is 0.297. The Balaban J connectivity index is 2.49. The second-order valence-electron chi connectivity index (χ2n) is 3.47. The van der Waals surface area contributed by atoms with Gasteiger partial charge in [0.2, 0.25) is 0 Å². The van der Waals surface area contributed by atoms with Crippen LogP contribution in [0, 0.1) is 11.8 Å². The second kappa shape index (κ2) is 3.32. The SMILES string of the molecule is CC1CC(Cl)C(C)C(Cl)C1. The number of hydrogen-bond acceptors (Lipinski definition) is 0. The van der Waals surface area contributed by atoms with E-state index in [0.717, 1.165) is 12.8 Å². The van der Waals surface area contributed by atoms with Crippen LogP contribution in [0.2, 0.25) is 0 Å². The molecule has 0 bridgehead atoms. The van der Waals surface area contributed by atoms with Crippen molar-refractivity contribution in [1.29, 1.82) is 0 Å². The first-order chi connectivity index (χ1) is 4.61. The molecule has 10 heavy (non-hydrogen) atoms. The first kappa shape index (κ1) is 8.67. The van der Waals surface area contributed by atoms with Crippen LogP contribution in [0.1, 0.15) is 26.7 Å². The van der Waals surface area contributed by atoms with Gasteiger partial charge in [-0.25, -0.2) is 0 Å². The fourth-order valence-corrected chi connectivity index (χ4v) is 2.55. The summed E-state index contributed by atoms with van der Waals surface area (Å²) in [5.74, 6) is 1.20. The van der Waals surface area contributed by atoms with Crippen LogP contribution >= 0.6 is 23.2 Å². The van der Waals surface area contributed by atoms with Gasteiger partial charge in [-0.05, 0) is 24.7 Å². The molecule has 2 atom stereocenters. The third-order valence-corrected chi connectivity index (χ3v) is 3.55. The van der Waals surface area contributed by atoms with E-state index in [2.05, 4.69) is 13.8 Å². The van der Waals surface area contributed by atoms with E-state index < -0.39 is 0 Å². The third-order valence-electron chi connectivity index (χ3n) is 2.40. The van der Waals surface area contributed by atoms with E-state index >= 15 is 0 Å². The molecule has 1 aliphatic rings. The van der Waals surface area contributed by atoms with E-state index in [0.29, 0.717) is 22.6 Å². The second-order valence-corrected chi connectivity index (χ2v) is 4.59. The van der Waals surface area contributed by atoms with Crippen LogP contribution in [0.5, 0.6) is 0 Å². The van der Waals surface area contributed by atoms with Gasteiger partial charge in [-0.3, -0.25) is 0 Å². The average molecular weight is 181 g/mol. The van der Waals surface area contributed by atoms with E-state index in [-0.39, 0.29) is 0 Å². The molecule has 0 aromatic heterocycles. The molecule has 0 radical (unpaired) electrons. The van der Waals surface area contributed by atoms with E-state index in [4.69, 9.17) is 23.2 Å². The smallest absolute Gasteiger partial charge is 0.0378 e. The van der Waals surface area contributed by atoms with Gasteiger partial charge in [-0.2, -0.15) is 0 Å². The third kappa shape index (κ3) is 1.79. The lowest BCUT2D eigenvalue weighted by atomic mass is 9.83. The lowest BCUT2D eigenvalue weighted by Gasteiger charge is -2.32. The number of rotatable bonds is 0. The summed E-state index contributed by atoms with van der Waals surface area (Å²) in [5, 5.41) is 0.595. The van der Waals surface area contributed by atoms with Crippen molar-refractivity contribution in [2.24, 2.45) is 11.8 Å². The Bertz CT molecular complexity index is 102. The molecule has 2 unspecified atom stereocenters. The molecule has 0 saturated heterocycles. The highest BCUT2D eigenvalue weighted by molar-refractivity contribution is 6.24. The summed E-state index contributed by atoms with van der Waals surface area (Å²) < 4.78 is 0. The Morgan fingerprint density at radius 3 is 1.80 bits per heavy atom. The molecule has 1 rings (SSSR count). The predicted octanol–water partition coefficient (Wildman–Crippen LogP) is 3.27. The monoisotopic (exact) mass is 180 g/mol. The topological polar surface area (TPSA) is 0 Å². The molecular formula is C8H14Cl2. The van der Waals surface area contributed by atoms with Gasteiger partial charge < -0.3 is 0 Å². The molecule has 60 valence electrons. The van der Waals surface area contributed by atoms with Gasteiger partial charge in [-0.15, -0.1) is 23.2 Å².